The molecule has 1 aromatic rings. The molecule has 0 bridgehead atoms. The van der Waals surface area contributed by atoms with Crippen molar-refractivity contribution in [1.29, 1.82) is 0 Å². The zero-order valence-corrected chi connectivity index (χ0v) is 13.3. The molecule has 2 atom stereocenters. The van der Waals surface area contributed by atoms with Crippen LogP contribution in [0.15, 0.2) is 18.2 Å². The van der Waals surface area contributed by atoms with Gasteiger partial charge < -0.3 is 10.2 Å². The van der Waals surface area contributed by atoms with Crippen LogP contribution in [0.5, 0.6) is 11.5 Å². The molecule has 21 heavy (non-hydrogen) atoms. The molecule has 0 aliphatic rings. The lowest BCUT2D eigenvalue weighted by Crippen LogP contribution is -2.02. The van der Waals surface area contributed by atoms with E-state index < -0.39 is 6.17 Å². The van der Waals surface area contributed by atoms with E-state index in [2.05, 4.69) is 13.8 Å². The van der Waals surface area contributed by atoms with Crippen molar-refractivity contribution in [3.05, 3.63) is 23.8 Å². The highest BCUT2D eigenvalue weighted by Crippen LogP contribution is 2.24. The van der Waals surface area contributed by atoms with E-state index in [1.54, 1.807) is 12.1 Å². The van der Waals surface area contributed by atoms with Crippen molar-refractivity contribution in [2.75, 3.05) is 0 Å². The number of halogens is 1. The van der Waals surface area contributed by atoms with Gasteiger partial charge in [0.25, 0.3) is 0 Å². The molecule has 120 valence electrons. The lowest BCUT2D eigenvalue weighted by Gasteiger charge is -2.13. The van der Waals surface area contributed by atoms with Crippen LogP contribution >= 0.6 is 0 Å². The number of unbranched alkanes of at least 4 members (excludes halogenated alkanes) is 2. The molecule has 0 saturated heterocycles. The average molecular weight is 296 g/mol. The molecule has 0 fully saturated rings. The number of phenols is 2. The maximum absolute atomic E-state index is 13.5. The van der Waals surface area contributed by atoms with Crippen molar-refractivity contribution in [2.45, 2.75) is 71.4 Å². The fourth-order valence-corrected chi connectivity index (χ4v) is 2.71. The zero-order chi connectivity index (χ0) is 15.7. The molecule has 0 aliphatic heterocycles. The van der Waals surface area contributed by atoms with Crippen molar-refractivity contribution in [2.24, 2.45) is 5.92 Å². The van der Waals surface area contributed by atoms with Crippen molar-refractivity contribution in [3.63, 3.8) is 0 Å². The van der Waals surface area contributed by atoms with Gasteiger partial charge in [0, 0.05) is 6.07 Å². The quantitative estimate of drug-likeness (QED) is 0.570. The third kappa shape index (κ3) is 7.93. The number of aromatic hydroxyl groups is 2. The summed E-state index contributed by atoms with van der Waals surface area (Å²) in [4.78, 5) is 0. The smallest absolute Gasteiger partial charge is 0.119 e. The molecule has 3 heteroatoms. The molecule has 0 heterocycles. The van der Waals surface area contributed by atoms with Gasteiger partial charge in [-0.2, -0.15) is 0 Å². The number of benzene rings is 1. The molecule has 0 amide bonds. The monoisotopic (exact) mass is 296 g/mol. The highest BCUT2D eigenvalue weighted by atomic mass is 19.1. The molecule has 0 aliphatic carbocycles. The van der Waals surface area contributed by atoms with E-state index in [0.29, 0.717) is 18.8 Å². The molecule has 1 rings (SSSR count). The first-order chi connectivity index (χ1) is 10.0. The SMILES string of the molecule is CCCC[C@@H](F)CCCC[C@H](C)Cc1cc(O)cc(O)c1. The van der Waals surface area contributed by atoms with Crippen LogP contribution in [-0.2, 0) is 6.42 Å². The molecule has 2 nitrogen and oxygen atoms in total. The Morgan fingerprint density at radius 3 is 2.14 bits per heavy atom. The summed E-state index contributed by atoms with van der Waals surface area (Å²) in [5.74, 6) is 0.682. The summed E-state index contributed by atoms with van der Waals surface area (Å²) in [7, 11) is 0. The van der Waals surface area contributed by atoms with Crippen LogP contribution in [0, 0.1) is 5.92 Å². The standard InChI is InChI=1S/C18H29FO2/c1-3-4-8-16(19)9-6-5-7-14(2)10-15-11-17(20)13-18(21)12-15/h11-14,16,20-21H,3-10H2,1-2H3/t14-,16+/m0/s1. The van der Waals surface area contributed by atoms with Crippen molar-refractivity contribution >= 4 is 0 Å². The highest BCUT2D eigenvalue weighted by Gasteiger charge is 2.08. The maximum atomic E-state index is 13.5. The van der Waals surface area contributed by atoms with E-state index in [-0.39, 0.29) is 11.5 Å². The van der Waals surface area contributed by atoms with E-state index in [4.69, 9.17) is 0 Å². The van der Waals surface area contributed by atoms with Gasteiger partial charge in [-0.25, -0.2) is 4.39 Å². The first kappa shape index (κ1) is 17.8. The van der Waals surface area contributed by atoms with Crippen LogP contribution in [0.25, 0.3) is 0 Å². The first-order valence-electron chi connectivity index (χ1n) is 8.17. The summed E-state index contributed by atoms with van der Waals surface area (Å²) < 4.78 is 13.5. The van der Waals surface area contributed by atoms with Gasteiger partial charge in [-0.1, -0.05) is 46.0 Å². The fourth-order valence-electron chi connectivity index (χ4n) is 2.71. The van der Waals surface area contributed by atoms with Crippen LogP contribution in [0.2, 0.25) is 0 Å². The van der Waals surface area contributed by atoms with Crippen LogP contribution in [0.1, 0.15) is 64.4 Å². The Hall–Kier alpha value is -1.25. The molecule has 0 radical (unpaired) electrons. The van der Waals surface area contributed by atoms with Gasteiger partial charge in [0.1, 0.15) is 17.7 Å². The Morgan fingerprint density at radius 1 is 0.952 bits per heavy atom. The second kappa shape index (κ2) is 9.64. The largest absolute Gasteiger partial charge is 0.508 e. The first-order valence-corrected chi connectivity index (χ1v) is 8.17. The Balaban J connectivity index is 2.20. The topological polar surface area (TPSA) is 40.5 Å². The van der Waals surface area contributed by atoms with Crippen LogP contribution in [0.4, 0.5) is 4.39 Å². The van der Waals surface area contributed by atoms with Crippen molar-refractivity contribution < 1.29 is 14.6 Å². The van der Waals surface area contributed by atoms with Gasteiger partial charge >= 0.3 is 0 Å². The Morgan fingerprint density at radius 2 is 1.52 bits per heavy atom. The normalized spacial score (nSPS) is 14.0. The molecule has 0 saturated carbocycles. The molecular weight excluding hydrogens is 267 g/mol. The number of rotatable bonds is 10. The van der Waals surface area contributed by atoms with Crippen LogP contribution in [0.3, 0.4) is 0 Å². The van der Waals surface area contributed by atoms with E-state index in [1.807, 2.05) is 0 Å². The predicted octanol–water partition coefficient (Wildman–Crippen LogP) is 5.37. The second-order valence-electron chi connectivity index (χ2n) is 6.19. The number of hydrogen-bond acceptors (Lipinski definition) is 2. The Bertz CT molecular complexity index is 386. The average Bonchev–Trinajstić information content (AvgIpc) is 2.40. The molecule has 0 unspecified atom stereocenters. The van der Waals surface area contributed by atoms with Gasteiger partial charge in [-0.05, 0) is 42.9 Å². The molecular formula is C18H29FO2. The van der Waals surface area contributed by atoms with Gasteiger partial charge in [0.15, 0.2) is 0 Å². The minimum atomic E-state index is -0.636. The van der Waals surface area contributed by atoms with Crippen molar-refractivity contribution in [3.8, 4) is 11.5 Å². The minimum Gasteiger partial charge on any atom is -0.508 e. The third-order valence-corrected chi connectivity index (χ3v) is 3.88. The zero-order valence-electron chi connectivity index (χ0n) is 13.3. The number of alkyl halides is 1. The minimum absolute atomic E-state index is 0.105. The second-order valence-corrected chi connectivity index (χ2v) is 6.19. The molecule has 1 aromatic carbocycles. The van der Waals surface area contributed by atoms with E-state index in [9.17, 15) is 14.6 Å². The van der Waals surface area contributed by atoms with Gasteiger partial charge in [-0.15, -0.1) is 0 Å². The molecule has 2 N–H and O–H groups in total. The molecule has 0 aromatic heterocycles. The van der Waals surface area contributed by atoms with Crippen LogP contribution in [-0.4, -0.2) is 16.4 Å². The summed E-state index contributed by atoms with van der Waals surface area (Å²) in [6.45, 7) is 4.25. The van der Waals surface area contributed by atoms with Crippen LogP contribution < -0.4 is 0 Å². The summed E-state index contributed by atoms with van der Waals surface area (Å²) in [6, 6.07) is 4.73. The lowest BCUT2D eigenvalue weighted by atomic mass is 9.94. The van der Waals surface area contributed by atoms with Gasteiger partial charge in [0.05, 0.1) is 0 Å². The summed E-state index contributed by atoms with van der Waals surface area (Å²) in [5.41, 5.74) is 0.950. The summed E-state index contributed by atoms with van der Waals surface area (Å²) >= 11 is 0. The number of hydrogen-bond donors (Lipinski definition) is 2. The maximum Gasteiger partial charge on any atom is 0.119 e. The van der Waals surface area contributed by atoms with Gasteiger partial charge in [-0.3, -0.25) is 0 Å². The highest BCUT2D eigenvalue weighted by molar-refractivity contribution is 5.36. The van der Waals surface area contributed by atoms with Crippen molar-refractivity contribution in [1.82, 2.24) is 0 Å². The Kier molecular flexibility index (Phi) is 8.17. The Labute approximate surface area is 128 Å². The summed E-state index contributed by atoms with van der Waals surface area (Å²) in [6.07, 6.45) is 6.66. The van der Waals surface area contributed by atoms with Gasteiger partial charge in [0.2, 0.25) is 0 Å². The fraction of sp³-hybridized carbons (Fsp3) is 0.667. The van der Waals surface area contributed by atoms with E-state index in [0.717, 1.165) is 44.1 Å². The lowest BCUT2D eigenvalue weighted by molar-refractivity contribution is 0.279. The predicted molar refractivity (Wildman–Crippen MR) is 85.5 cm³/mol. The third-order valence-electron chi connectivity index (χ3n) is 3.88. The molecule has 0 spiro atoms. The number of phenolic OH excluding ortho intramolecular Hbond substituents is 2. The summed E-state index contributed by atoms with van der Waals surface area (Å²) in [5, 5.41) is 18.9. The van der Waals surface area contributed by atoms with E-state index >= 15 is 0 Å². The van der Waals surface area contributed by atoms with E-state index in [1.165, 1.54) is 6.07 Å².